The van der Waals surface area contributed by atoms with E-state index in [2.05, 4.69) is 5.32 Å². The Bertz CT molecular complexity index is 671. The number of hydrogen-bond donors (Lipinski definition) is 2. The van der Waals surface area contributed by atoms with Crippen molar-refractivity contribution in [3.05, 3.63) is 35.4 Å². The van der Waals surface area contributed by atoms with Gasteiger partial charge in [0.2, 0.25) is 11.8 Å². The average Bonchev–Trinajstić information content (AvgIpc) is 3.17. The number of carboxylic acid groups (broad SMARTS) is 1. The molecule has 1 heterocycles. The van der Waals surface area contributed by atoms with Gasteiger partial charge in [0.15, 0.2) is 0 Å². The molecule has 2 fully saturated rings. The molecule has 1 aliphatic carbocycles. The molecule has 2 aliphatic rings. The van der Waals surface area contributed by atoms with E-state index in [1.165, 1.54) is 5.56 Å². The fourth-order valence-electron chi connectivity index (χ4n) is 3.67. The molecule has 134 valence electrons. The highest BCUT2D eigenvalue weighted by Gasteiger charge is 2.37. The molecule has 1 aromatic rings. The van der Waals surface area contributed by atoms with Gasteiger partial charge in [-0.2, -0.15) is 0 Å². The third-order valence-electron chi connectivity index (χ3n) is 5.21. The topological polar surface area (TPSA) is 86.7 Å². The van der Waals surface area contributed by atoms with Crippen LogP contribution in [0, 0.1) is 18.8 Å². The summed E-state index contributed by atoms with van der Waals surface area (Å²) in [6.07, 6.45) is 2.00. The average molecular weight is 344 g/mol. The number of carboxylic acids is 1. The first-order valence-corrected chi connectivity index (χ1v) is 8.79. The SMILES string of the molecule is Cc1ccc(CN2CC(C(=O)N[C@H]3CC[C@@H](C(=O)O)C3)CC2=O)cc1. The van der Waals surface area contributed by atoms with E-state index in [9.17, 15) is 14.4 Å². The highest BCUT2D eigenvalue weighted by Crippen LogP contribution is 2.27. The van der Waals surface area contributed by atoms with Crippen molar-refractivity contribution in [3.63, 3.8) is 0 Å². The standard InChI is InChI=1S/C19H24N2O4/c1-12-2-4-13(5-3-12)10-21-11-15(9-17(21)22)18(23)20-16-7-6-14(8-16)19(24)25/h2-5,14-16H,6-11H2,1H3,(H,20,23)(H,24,25)/t14-,15?,16+/m1/s1. The molecule has 1 unspecified atom stereocenters. The lowest BCUT2D eigenvalue weighted by Gasteiger charge is -2.18. The monoisotopic (exact) mass is 344 g/mol. The summed E-state index contributed by atoms with van der Waals surface area (Å²) in [6, 6.07) is 7.94. The molecule has 2 N–H and O–H groups in total. The summed E-state index contributed by atoms with van der Waals surface area (Å²) in [5, 5.41) is 12.0. The normalized spacial score (nSPS) is 26.0. The third-order valence-corrected chi connectivity index (χ3v) is 5.21. The summed E-state index contributed by atoms with van der Waals surface area (Å²) in [7, 11) is 0. The van der Waals surface area contributed by atoms with Crippen LogP contribution in [0.15, 0.2) is 24.3 Å². The summed E-state index contributed by atoms with van der Waals surface area (Å²) >= 11 is 0. The van der Waals surface area contributed by atoms with Gasteiger partial charge in [0, 0.05) is 25.6 Å². The molecule has 3 rings (SSSR count). The maximum Gasteiger partial charge on any atom is 0.306 e. The van der Waals surface area contributed by atoms with E-state index in [0.717, 1.165) is 5.56 Å². The van der Waals surface area contributed by atoms with Gasteiger partial charge < -0.3 is 15.3 Å². The van der Waals surface area contributed by atoms with Crippen molar-refractivity contribution in [3.8, 4) is 0 Å². The van der Waals surface area contributed by atoms with Crippen molar-refractivity contribution in [1.82, 2.24) is 10.2 Å². The smallest absolute Gasteiger partial charge is 0.306 e. The van der Waals surface area contributed by atoms with Crippen molar-refractivity contribution >= 4 is 17.8 Å². The first kappa shape index (κ1) is 17.5. The number of nitrogens with one attached hydrogen (secondary N) is 1. The van der Waals surface area contributed by atoms with Crippen LogP contribution in [0.25, 0.3) is 0 Å². The van der Waals surface area contributed by atoms with Crippen molar-refractivity contribution < 1.29 is 19.5 Å². The Morgan fingerprint density at radius 1 is 1.20 bits per heavy atom. The van der Waals surface area contributed by atoms with Gasteiger partial charge in [0.05, 0.1) is 11.8 Å². The van der Waals surface area contributed by atoms with Gasteiger partial charge in [-0.05, 0) is 31.7 Å². The van der Waals surface area contributed by atoms with E-state index in [1.54, 1.807) is 4.90 Å². The molecule has 0 bridgehead atoms. The number of amides is 2. The maximum absolute atomic E-state index is 12.4. The molecular formula is C19H24N2O4. The van der Waals surface area contributed by atoms with Crippen LogP contribution in [0.1, 0.15) is 36.8 Å². The lowest BCUT2D eigenvalue weighted by Crippen LogP contribution is -2.38. The molecule has 6 nitrogen and oxygen atoms in total. The van der Waals surface area contributed by atoms with Crippen molar-refractivity contribution in [2.45, 2.75) is 45.2 Å². The summed E-state index contributed by atoms with van der Waals surface area (Å²) in [5.74, 6) is -1.64. The van der Waals surface area contributed by atoms with E-state index in [4.69, 9.17) is 5.11 Å². The Balaban J connectivity index is 1.52. The van der Waals surface area contributed by atoms with E-state index >= 15 is 0 Å². The number of aliphatic carboxylic acids is 1. The summed E-state index contributed by atoms with van der Waals surface area (Å²) < 4.78 is 0. The van der Waals surface area contributed by atoms with Crippen LogP contribution in [-0.4, -0.2) is 40.4 Å². The van der Waals surface area contributed by atoms with Crippen LogP contribution in [0.2, 0.25) is 0 Å². The molecule has 1 saturated carbocycles. The Hall–Kier alpha value is -2.37. The zero-order valence-corrected chi connectivity index (χ0v) is 14.4. The number of hydrogen-bond acceptors (Lipinski definition) is 3. The van der Waals surface area contributed by atoms with Crippen LogP contribution in [0.5, 0.6) is 0 Å². The van der Waals surface area contributed by atoms with Crippen LogP contribution in [0.3, 0.4) is 0 Å². The molecule has 0 aromatic heterocycles. The minimum absolute atomic E-state index is 0.00411. The molecule has 3 atom stereocenters. The predicted octanol–water partition coefficient (Wildman–Crippen LogP) is 1.71. The van der Waals surface area contributed by atoms with Gasteiger partial charge >= 0.3 is 5.97 Å². The predicted molar refractivity (Wildman–Crippen MR) is 91.6 cm³/mol. The Morgan fingerprint density at radius 3 is 2.56 bits per heavy atom. The van der Waals surface area contributed by atoms with E-state index in [1.807, 2.05) is 31.2 Å². The number of benzene rings is 1. The molecule has 25 heavy (non-hydrogen) atoms. The van der Waals surface area contributed by atoms with Crippen molar-refractivity contribution in [1.29, 1.82) is 0 Å². The number of carbonyl (C=O) groups excluding carboxylic acids is 2. The second kappa shape index (κ2) is 7.25. The lowest BCUT2D eigenvalue weighted by atomic mass is 10.1. The van der Waals surface area contributed by atoms with Crippen LogP contribution in [0.4, 0.5) is 0 Å². The van der Waals surface area contributed by atoms with E-state index < -0.39 is 5.97 Å². The molecule has 0 radical (unpaired) electrons. The highest BCUT2D eigenvalue weighted by molar-refractivity contribution is 5.89. The van der Waals surface area contributed by atoms with Gasteiger partial charge in [-0.3, -0.25) is 14.4 Å². The van der Waals surface area contributed by atoms with Crippen LogP contribution >= 0.6 is 0 Å². The largest absolute Gasteiger partial charge is 0.481 e. The summed E-state index contributed by atoms with van der Waals surface area (Å²) in [5.41, 5.74) is 2.23. The highest BCUT2D eigenvalue weighted by atomic mass is 16.4. The fraction of sp³-hybridized carbons (Fsp3) is 0.526. The molecule has 1 aromatic carbocycles. The number of nitrogens with zero attached hydrogens (tertiary/aromatic N) is 1. The molecule has 1 aliphatic heterocycles. The Morgan fingerprint density at radius 2 is 1.92 bits per heavy atom. The first-order chi connectivity index (χ1) is 11.9. The zero-order chi connectivity index (χ0) is 18.0. The van der Waals surface area contributed by atoms with Crippen LogP contribution in [-0.2, 0) is 20.9 Å². The summed E-state index contributed by atoms with van der Waals surface area (Å²) in [4.78, 5) is 37.4. The third kappa shape index (κ3) is 4.18. The number of aryl methyl sites for hydroxylation is 1. The molecule has 0 spiro atoms. The van der Waals surface area contributed by atoms with Gasteiger partial charge in [0.25, 0.3) is 0 Å². The van der Waals surface area contributed by atoms with Crippen molar-refractivity contribution in [2.24, 2.45) is 11.8 Å². The van der Waals surface area contributed by atoms with Gasteiger partial charge in [-0.15, -0.1) is 0 Å². The maximum atomic E-state index is 12.4. The quantitative estimate of drug-likeness (QED) is 0.851. The number of likely N-dealkylation sites (tertiary alicyclic amines) is 1. The van der Waals surface area contributed by atoms with Crippen LogP contribution < -0.4 is 5.32 Å². The van der Waals surface area contributed by atoms with Gasteiger partial charge in [0.1, 0.15) is 0 Å². The van der Waals surface area contributed by atoms with Crippen molar-refractivity contribution in [2.75, 3.05) is 6.54 Å². The fourth-order valence-corrected chi connectivity index (χ4v) is 3.67. The van der Waals surface area contributed by atoms with Gasteiger partial charge in [-0.1, -0.05) is 29.8 Å². The lowest BCUT2D eigenvalue weighted by molar-refractivity contribution is -0.141. The number of rotatable bonds is 5. The Kier molecular flexibility index (Phi) is 5.06. The molecule has 1 saturated heterocycles. The first-order valence-electron chi connectivity index (χ1n) is 8.79. The van der Waals surface area contributed by atoms with E-state index in [0.29, 0.717) is 32.4 Å². The minimum atomic E-state index is -0.794. The summed E-state index contributed by atoms with van der Waals surface area (Å²) in [6.45, 7) is 2.96. The molecule has 2 amide bonds. The van der Waals surface area contributed by atoms with Gasteiger partial charge in [-0.25, -0.2) is 0 Å². The second-order valence-corrected chi connectivity index (χ2v) is 7.21. The number of carbonyl (C=O) groups is 3. The minimum Gasteiger partial charge on any atom is -0.481 e. The molecule has 6 heteroatoms. The van der Waals surface area contributed by atoms with E-state index in [-0.39, 0.29) is 36.1 Å². The Labute approximate surface area is 147 Å². The molecular weight excluding hydrogens is 320 g/mol. The second-order valence-electron chi connectivity index (χ2n) is 7.21. The zero-order valence-electron chi connectivity index (χ0n) is 14.4.